The summed E-state index contributed by atoms with van der Waals surface area (Å²) in [6.07, 6.45) is -3.28. The topological polar surface area (TPSA) is 46.2 Å². The maximum Gasteiger partial charge on any atom is 0.416 e. The van der Waals surface area contributed by atoms with Crippen LogP contribution in [0, 0.1) is 0 Å². The molecule has 1 aliphatic rings. The maximum atomic E-state index is 12.4. The highest BCUT2D eigenvalue weighted by Gasteiger charge is 2.47. The van der Waals surface area contributed by atoms with Crippen molar-refractivity contribution in [3.8, 4) is 0 Å². The van der Waals surface area contributed by atoms with Crippen LogP contribution in [0.25, 0.3) is 0 Å². The molecule has 88 valence electrons. The monoisotopic (exact) mass is 231 g/mol. The predicted octanol–water partition coefficient (Wildman–Crippen LogP) is 2.23. The van der Waals surface area contributed by atoms with Crippen molar-refractivity contribution in [1.82, 2.24) is 0 Å². The van der Waals surface area contributed by atoms with Gasteiger partial charge in [0.25, 0.3) is 0 Å². The van der Waals surface area contributed by atoms with Gasteiger partial charge in [-0.05, 0) is 30.5 Å². The number of hydrogen-bond acceptors (Lipinski definition) is 2. The fraction of sp³-hybridized carbons (Fsp3) is 0.455. The van der Waals surface area contributed by atoms with Crippen LogP contribution in [-0.2, 0) is 6.18 Å². The summed E-state index contributed by atoms with van der Waals surface area (Å²) >= 11 is 0. The van der Waals surface area contributed by atoms with E-state index in [1.807, 2.05) is 0 Å². The molecule has 16 heavy (non-hydrogen) atoms. The van der Waals surface area contributed by atoms with Crippen LogP contribution >= 0.6 is 0 Å². The molecular weight excluding hydrogens is 219 g/mol. The van der Waals surface area contributed by atoms with Crippen molar-refractivity contribution in [2.24, 2.45) is 5.73 Å². The average Bonchev–Trinajstić information content (AvgIpc) is 2.96. The van der Waals surface area contributed by atoms with Crippen LogP contribution in [0.2, 0.25) is 0 Å². The molecule has 0 heterocycles. The fourth-order valence-electron chi connectivity index (χ4n) is 1.66. The summed E-state index contributed by atoms with van der Waals surface area (Å²) in [5.74, 6) is 0. The first-order valence-corrected chi connectivity index (χ1v) is 4.98. The number of benzene rings is 1. The molecule has 2 rings (SSSR count). The van der Waals surface area contributed by atoms with E-state index in [-0.39, 0.29) is 0 Å². The van der Waals surface area contributed by atoms with Crippen molar-refractivity contribution in [1.29, 1.82) is 0 Å². The number of hydrogen-bond donors (Lipinski definition) is 2. The lowest BCUT2D eigenvalue weighted by molar-refractivity contribution is -0.137. The van der Waals surface area contributed by atoms with Crippen LogP contribution in [0.1, 0.15) is 30.0 Å². The van der Waals surface area contributed by atoms with Gasteiger partial charge in [-0.1, -0.05) is 12.1 Å². The van der Waals surface area contributed by atoms with E-state index >= 15 is 0 Å². The normalized spacial score (nSPS) is 20.6. The summed E-state index contributed by atoms with van der Waals surface area (Å²) in [6.45, 7) is 0. The number of rotatable bonds is 2. The van der Waals surface area contributed by atoms with Gasteiger partial charge in [-0.25, -0.2) is 0 Å². The molecule has 1 fully saturated rings. The van der Waals surface area contributed by atoms with Crippen molar-refractivity contribution in [3.63, 3.8) is 0 Å². The number of alkyl halides is 3. The summed E-state index contributed by atoms with van der Waals surface area (Å²) < 4.78 is 37.3. The van der Waals surface area contributed by atoms with Crippen LogP contribution in [0.4, 0.5) is 13.2 Å². The fourth-order valence-corrected chi connectivity index (χ4v) is 1.66. The molecule has 3 N–H and O–H groups in total. The second-order valence-electron chi connectivity index (χ2n) is 4.20. The standard InChI is InChI=1S/C11H12F3NO/c12-11(13,14)8-3-1-2-7(6-8)9(15)10(16)4-5-10/h1-3,6,9,16H,4-5,15H2. The summed E-state index contributed by atoms with van der Waals surface area (Å²) in [5.41, 5.74) is 4.32. The quantitative estimate of drug-likeness (QED) is 0.819. The Balaban J connectivity index is 2.29. The Morgan fingerprint density at radius 1 is 1.31 bits per heavy atom. The third kappa shape index (κ3) is 2.05. The molecule has 5 heteroatoms. The molecule has 1 aromatic rings. The summed E-state index contributed by atoms with van der Waals surface area (Å²) in [6, 6.07) is 4.07. The first-order valence-electron chi connectivity index (χ1n) is 4.98. The Kier molecular flexibility index (Phi) is 2.47. The summed E-state index contributed by atoms with van der Waals surface area (Å²) in [4.78, 5) is 0. The molecule has 0 aliphatic heterocycles. The second kappa shape index (κ2) is 3.46. The molecule has 0 spiro atoms. The highest BCUT2D eigenvalue weighted by molar-refractivity contribution is 5.30. The Labute approximate surface area is 90.9 Å². The van der Waals surface area contributed by atoms with Crippen LogP contribution in [0.3, 0.4) is 0 Å². The minimum atomic E-state index is -4.37. The Morgan fingerprint density at radius 3 is 2.44 bits per heavy atom. The molecule has 1 unspecified atom stereocenters. The lowest BCUT2D eigenvalue weighted by Crippen LogP contribution is -2.28. The van der Waals surface area contributed by atoms with Gasteiger partial charge in [-0.2, -0.15) is 13.2 Å². The smallest absolute Gasteiger partial charge is 0.388 e. The molecule has 0 radical (unpaired) electrons. The van der Waals surface area contributed by atoms with E-state index in [1.165, 1.54) is 12.1 Å². The first-order chi connectivity index (χ1) is 7.33. The van der Waals surface area contributed by atoms with Crippen molar-refractivity contribution < 1.29 is 18.3 Å². The van der Waals surface area contributed by atoms with E-state index in [1.54, 1.807) is 0 Å². The van der Waals surface area contributed by atoms with Crippen molar-refractivity contribution in [2.45, 2.75) is 30.7 Å². The lowest BCUT2D eigenvalue weighted by Gasteiger charge is -2.19. The molecule has 0 aromatic heterocycles. The maximum absolute atomic E-state index is 12.4. The van der Waals surface area contributed by atoms with E-state index < -0.39 is 23.4 Å². The number of halogens is 3. The molecule has 2 nitrogen and oxygen atoms in total. The lowest BCUT2D eigenvalue weighted by atomic mass is 9.98. The van der Waals surface area contributed by atoms with Gasteiger partial charge in [-0.3, -0.25) is 0 Å². The third-order valence-corrected chi connectivity index (χ3v) is 2.91. The third-order valence-electron chi connectivity index (χ3n) is 2.91. The summed E-state index contributed by atoms with van der Waals surface area (Å²) in [7, 11) is 0. The van der Waals surface area contributed by atoms with Gasteiger partial charge in [0.1, 0.15) is 0 Å². The minimum Gasteiger partial charge on any atom is -0.388 e. The van der Waals surface area contributed by atoms with E-state index in [4.69, 9.17) is 5.73 Å². The van der Waals surface area contributed by atoms with Gasteiger partial charge >= 0.3 is 6.18 Å². The molecule has 0 saturated heterocycles. The zero-order chi connectivity index (χ0) is 12.0. The second-order valence-corrected chi connectivity index (χ2v) is 4.20. The van der Waals surface area contributed by atoms with Gasteiger partial charge in [0.15, 0.2) is 0 Å². The largest absolute Gasteiger partial charge is 0.416 e. The van der Waals surface area contributed by atoms with Crippen LogP contribution in [0.5, 0.6) is 0 Å². The molecule has 1 saturated carbocycles. The number of aliphatic hydroxyl groups is 1. The Hall–Kier alpha value is -1.07. The Bertz CT molecular complexity index is 398. The molecule has 1 aromatic carbocycles. The molecule has 1 atom stereocenters. The van der Waals surface area contributed by atoms with E-state index in [9.17, 15) is 18.3 Å². The van der Waals surface area contributed by atoms with Crippen molar-refractivity contribution in [2.75, 3.05) is 0 Å². The van der Waals surface area contributed by atoms with E-state index in [2.05, 4.69) is 0 Å². The average molecular weight is 231 g/mol. The van der Waals surface area contributed by atoms with Crippen molar-refractivity contribution >= 4 is 0 Å². The van der Waals surface area contributed by atoms with Gasteiger partial charge in [0.2, 0.25) is 0 Å². The highest BCUT2D eigenvalue weighted by Crippen LogP contribution is 2.45. The van der Waals surface area contributed by atoms with Gasteiger partial charge < -0.3 is 10.8 Å². The van der Waals surface area contributed by atoms with E-state index in [0.29, 0.717) is 18.4 Å². The highest BCUT2D eigenvalue weighted by atomic mass is 19.4. The minimum absolute atomic E-state index is 0.329. The van der Waals surface area contributed by atoms with Gasteiger partial charge in [0.05, 0.1) is 17.2 Å². The molecule has 1 aliphatic carbocycles. The zero-order valence-corrected chi connectivity index (χ0v) is 8.46. The first kappa shape index (κ1) is 11.4. The Morgan fingerprint density at radius 2 is 1.94 bits per heavy atom. The summed E-state index contributed by atoms with van der Waals surface area (Å²) in [5, 5.41) is 9.74. The van der Waals surface area contributed by atoms with Crippen LogP contribution in [-0.4, -0.2) is 10.7 Å². The molecular formula is C11H12F3NO. The zero-order valence-electron chi connectivity index (χ0n) is 8.46. The van der Waals surface area contributed by atoms with Crippen LogP contribution in [0.15, 0.2) is 24.3 Å². The number of nitrogens with two attached hydrogens (primary N) is 1. The van der Waals surface area contributed by atoms with Crippen LogP contribution < -0.4 is 5.73 Å². The molecule has 0 amide bonds. The molecule has 0 bridgehead atoms. The van der Waals surface area contributed by atoms with E-state index in [0.717, 1.165) is 12.1 Å². The SMILES string of the molecule is NC(c1cccc(C(F)(F)F)c1)C1(O)CC1. The van der Waals surface area contributed by atoms with Gasteiger partial charge in [0, 0.05) is 0 Å². The van der Waals surface area contributed by atoms with Gasteiger partial charge in [-0.15, -0.1) is 0 Å². The van der Waals surface area contributed by atoms with Crippen molar-refractivity contribution in [3.05, 3.63) is 35.4 Å². The predicted molar refractivity (Wildman–Crippen MR) is 52.6 cm³/mol.